The number of rotatable bonds is 5. The molecule has 0 saturated heterocycles. The first kappa shape index (κ1) is 14.6. The number of hydrogen-bond acceptors (Lipinski definition) is 3. The summed E-state index contributed by atoms with van der Waals surface area (Å²) in [5.74, 6) is -0.275. The zero-order valence-corrected chi connectivity index (χ0v) is 12.0. The second-order valence-electron chi connectivity index (χ2n) is 5.49. The Bertz CT molecular complexity index is 539. The summed E-state index contributed by atoms with van der Waals surface area (Å²) in [7, 11) is 0. The minimum absolute atomic E-state index is 0.0454. The van der Waals surface area contributed by atoms with Gasteiger partial charge in [0, 0.05) is 18.2 Å². The molecular weight excluding hydrogens is 254 g/mol. The molecule has 108 valence electrons. The second kappa shape index (κ2) is 5.67. The summed E-state index contributed by atoms with van der Waals surface area (Å²) in [6.07, 6.45) is 2.54. The molecule has 4 heteroatoms. The van der Waals surface area contributed by atoms with Crippen LogP contribution in [0.15, 0.2) is 24.8 Å². The standard InChI is InChI=1S/C16H21NO3/c1-4-7-17(9-14(19)20)12-8-11(3)15-10(2)5-6-13(18)16(12)15/h4-6,11-12,18H,1,7-9H2,2-3H3,(H,19,20). The van der Waals surface area contributed by atoms with Crippen LogP contribution >= 0.6 is 0 Å². The van der Waals surface area contributed by atoms with Crippen molar-refractivity contribution in [3.8, 4) is 5.75 Å². The summed E-state index contributed by atoms with van der Waals surface area (Å²) in [6, 6.07) is 3.56. The Hall–Kier alpha value is -1.81. The van der Waals surface area contributed by atoms with Crippen LogP contribution in [0.4, 0.5) is 0 Å². The van der Waals surface area contributed by atoms with E-state index in [0.29, 0.717) is 12.5 Å². The third-order valence-corrected chi connectivity index (χ3v) is 4.03. The maximum atomic E-state index is 11.0. The molecule has 2 atom stereocenters. The van der Waals surface area contributed by atoms with Crippen molar-refractivity contribution in [2.75, 3.05) is 13.1 Å². The molecule has 4 nitrogen and oxygen atoms in total. The first-order valence-corrected chi connectivity index (χ1v) is 6.84. The number of benzene rings is 1. The lowest BCUT2D eigenvalue weighted by atomic mass is 9.97. The molecule has 0 aromatic heterocycles. The van der Waals surface area contributed by atoms with E-state index in [1.165, 1.54) is 0 Å². The predicted octanol–water partition coefficient (Wildman–Crippen LogP) is 2.82. The van der Waals surface area contributed by atoms with Crippen molar-refractivity contribution in [1.82, 2.24) is 4.90 Å². The van der Waals surface area contributed by atoms with Gasteiger partial charge in [0.1, 0.15) is 5.75 Å². The number of hydrogen-bond donors (Lipinski definition) is 2. The lowest BCUT2D eigenvalue weighted by molar-refractivity contribution is -0.138. The summed E-state index contributed by atoms with van der Waals surface area (Å²) in [4.78, 5) is 12.9. The Morgan fingerprint density at radius 2 is 2.20 bits per heavy atom. The van der Waals surface area contributed by atoms with Crippen LogP contribution in [0.5, 0.6) is 5.75 Å². The van der Waals surface area contributed by atoms with Gasteiger partial charge in [0.2, 0.25) is 0 Å². The Balaban J connectivity index is 2.43. The fourth-order valence-electron chi connectivity index (χ4n) is 3.28. The van der Waals surface area contributed by atoms with Gasteiger partial charge >= 0.3 is 5.97 Å². The Morgan fingerprint density at radius 3 is 2.80 bits per heavy atom. The molecule has 0 bridgehead atoms. The monoisotopic (exact) mass is 275 g/mol. The fraction of sp³-hybridized carbons (Fsp3) is 0.438. The molecular formula is C16H21NO3. The molecule has 0 saturated carbocycles. The molecule has 1 aliphatic rings. The lowest BCUT2D eigenvalue weighted by Crippen LogP contribution is -2.33. The van der Waals surface area contributed by atoms with E-state index in [4.69, 9.17) is 5.11 Å². The van der Waals surface area contributed by atoms with E-state index in [2.05, 4.69) is 13.5 Å². The van der Waals surface area contributed by atoms with Crippen LogP contribution in [0.3, 0.4) is 0 Å². The number of aliphatic carboxylic acids is 1. The summed E-state index contributed by atoms with van der Waals surface area (Å²) < 4.78 is 0. The third kappa shape index (κ3) is 2.56. The van der Waals surface area contributed by atoms with E-state index in [1.54, 1.807) is 12.1 Å². The molecule has 2 N–H and O–H groups in total. The van der Waals surface area contributed by atoms with Gasteiger partial charge in [-0.05, 0) is 36.5 Å². The van der Waals surface area contributed by atoms with Crippen molar-refractivity contribution >= 4 is 5.97 Å². The number of carboxylic acids is 1. The van der Waals surface area contributed by atoms with Crippen molar-refractivity contribution in [3.63, 3.8) is 0 Å². The van der Waals surface area contributed by atoms with Gasteiger partial charge in [-0.25, -0.2) is 0 Å². The van der Waals surface area contributed by atoms with Crippen molar-refractivity contribution in [2.45, 2.75) is 32.2 Å². The quantitative estimate of drug-likeness (QED) is 0.811. The summed E-state index contributed by atoms with van der Waals surface area (Å²) in [6.45, 7) is 8.31. The predicted molar refractivity (Wildman–Crippen MR) is 78.0 cm³/mol. The number of carbonyl (C=O) groups is 1. The number of phenols is 1. The number of aromatic hydroxyl groups is 1. The van der Waals surface area contributed by atoms with Gasteiger partial charge in [0.15, 0.2) is 0 Å². The SMILES string of the molecule is C=CCN(CC(=O)O)C1CC(C)c2c(C)ccc(O)c21. The second-order valence-corrected chi connectivity index (χ2v) is 5.49. The number of fused-ring (bicyclic) bond motifs is 1. The van der Waals surface area contributed by atoms with Crippen molar-refractivity contribution < 1.29 is 15.0 Å². The average Bonchev–Trinajstić information content (AvgIpc) is 2.72. The van der Waals surface area contributed by atoms with Crippen LogP contribution in [0.1, 0.15) is 42.0 Å². The van der Waals surface area contributed by atoms with Gasteiger partial charge in [0.05, 0.1) is 6.54 Å². The highest BCUT2D eigenvalue weighted by molar-refractivity contribution is 5.69. The highest BCUT2D eigenvalue weighted by Gasteiger charge is 2.35. The minimum atomic E-state index is -0.861. The topological polar surface area (TPSA) is 60.8 Å². The van der Waals surface area contributed by atoms with E-state index in [1.807, 2.05) is 17.9 Å². The van der Waals surface area contributed by atoms with E-state index in [-0.39, 0.29) is 18.3 Å². The largest absolute Gasteiger partial charge is 0.508 e. The Morgan fingerprint density at radius 1 is 1.50 bits per heavy atom. The Labute approximate surface area is 119 Å². The number of nitrogens with zero attached hydrogens (tertiary/aromatic N) is 1. The normalized spacial score (nSPS) is 20.9. The van der Waals surface area contributed by atoms with E-state index < -0.39 is 5.97 Å². The average molecular weight is 275 g/mol. The molecule has 1 aromatic rings. The van der Waals surface area contributed by atoms with Gasteiger partial charge < -0.3 is 10.2 Å². The molecule has 20 heavy (non-hydrogen) atoms. The number of aryl methyl sites for hydroxylation is 1. The van der Waals surface area contributed by atoms with E-state index in [9.17, 15) is 9.90 Å². The summed E-state index contributed by atoms with van der Waals surface area (Å²) >= 11 is 0. The molecule has 1 aliphatic carbocycles. The summed E-state index contributed by atoms with van der Waals surface area (Å²) in [5.41, 5.74) is 3.21. The van der Waals surface area contributed by atoms with Gasteiger partial charge in [-0.2, -0.15) is 0 Å². The van der Waals surface area contributed by atoms with Gasteiger partial charge in [-0.15, -0.1) is 6.58 Å². The third-order valence-electron chi connectivity index (χ3n) is 4.03. The smallest absolute Gasteiger partial charge is 0.317 e. The first-order valence-electron chi connectivity index (χ1n) is 6.84. The molecule has 0 amide bonds. The van der Waals surface area contributed by atoms with Crippen molar-refractivity contribution in [3.05, 3.63) is 41.5 Å². The molecule has 2 rings (SSSR count). The number of phenolic OH excluding ortho intramolecular Hbond substituents is 1. The molecule has 0 spiro atoms. The van der Waals surface area contributed by atoms with Crippen LogP contribution in [-0.4, -0.2) is 34.2 Å². The number of carboxylic acid groups (broad SMARTS) is 1. The minimum Gasteiger partial charge on any atom is -0.508 e. The Kier molecular flexibility index (Phi) is 4.14. The maximum absolute atomic E-state index is 11.0. The van der Waals surface area contributed by atoms with Gasteiger partial charge in [-0.1, -0.05) is 19.1 Å². The molecule has 0 fully saturated rings. The van der Waals surface area contributed by atoms with E-state index in [0.717, 1.165) is 23.1 Å². The van der Waals surface area contributed by atoms with Crippen LogP contribution in [0.2, 0.25) is 0 Å². The highest BCUT2D eigenvalue weighted by Crippen LogP contribution is 2.48. The molecule has 0 radical (unpaired) electrons. The van der Waals surface area contributed by atoms with Crippen LogP contribution in [-0.2, 0) is 4.79 Å². The highest BCUT2D eigenvalue weighted by atomic mass is 16.4. The molecule has 0 heterocycles. The summed E-state index contributed by atoms with van der Waals surface area (Å²) in [5, 5.41) is 19.3. The van der Waals surface area contributed by atoms with Gasteiger partial charge in [0.25, 0.3) is 0 Å². The molecule has 1 aromatic carbocycles. The van der Waals surface area contributed by atoms with Crippen LogP contribution in [0, 0.1) is 6.92 Å². The lowest BCUT2D eigenvalue weighted by Gasteiger charge is -2.27. The van der Waals surface area contributed by atoms with Crippen LogP contribution < -0.4 is 0 Å². The van der Waals surface area contributed by atoms with Crippen LogP contribution in [0.25, 0.3) is 0 Å². The zero-order valence-electron chi connectivity index (χ0n) is 12.0. The van der Waals surface area contributed by atoms with Gasteiger partial charge in [-0.3, -0.25) is 9.69 Å². The fourth-order valence-corrected chi connectivity index (χ4v) is 3.28. The van der Waals surface area contributed by atoms with Crippen molar-refractivity contribution in [2.24, 2.45) is 0 Å². The first-order chi connectivity index (χ1) is 9.45. The molecule has 0 aliphatic heterocycles. The molecule has 2 unspecified atom stereocenters. The van der Waals surface area contributed by atoms with E-state index >= 15 is 0 Å². The van der Waals surface area contributed by atoms with Crippen molar-refractivity contribution in [1.29, 1.82) is 0 Å². The zero-order chi connectivity index (χ0) is 14.9. The maximum Gasteiger partial charge on any atom is 0.317 e.